The molecule has 0 bridgehead atoms. The molecule has 1 unspecified atom stereocenters. The molecule has 9 atom stereocenters. The molecule has 38 heavy (non-hydrogen) atoms. The zero-order chi connectivity index (χ0) is 27.1. The molecule has 4 N–H and O–H groups in total. The van der Waals surface area contributed by atoms with Gasteiger partial charge in [-0.15, -0.1) is 0 Å². The highest BCUT2D eigenvalue weighted by molar-refractivity contribution is 5.86. The molecule has 1 aromatic heterocycles. The molecule has 1 saturated heterocycles. The van der Waals surface area contributed by atoms with Crippen LogP contribution in [-0.4, -0.2) is 62.6 Å². The van der Waals surface area contributed by atoms with Gasteiger partial charge in [-0.2, -0.15) is 0 Å². The van der Waals surface area contributed by atoms with Crippen molar-refractivity contribution >= 4 is 12.0 Å². The third-order valence-electron chi connectivity index (χ3n) is 12.1. The summed E-state index contributed by atoms with van der Waals surface area (Å²) in [5.41, 5.74) is -2.05. The van der Waals surface area contributed by atoms with Gasteiger partial charge in [-0.25, -0.2) is 9.59 Å². The summed E-state index contributed by atoms with van der Waals surface area (Å²) in [6.07, 6.45) is 6.70. The molecule has 5 fully saturated rings. The Morgan fingerprint density at radius 2 is 1.74 bits per heavy atom. The van der Waals surface area contributed by atoms with Gasteiger partial charge in [0.05, 0.1) is 17.5 Å². The van der Waals surface area contributed by atoms with Gasteiger partial charge < -0.3 is 25.1 Å². The molecular formula is C29H40N2O7. The second-order valence-electron chi connectivity index (χ2n) is 13.3. The number of fused-ring (bicyclic) bond motifs is 5. The number of aliphatic hydroxyl groups is 2. The third kappa shape index (κ3) is 3.39. The Morgan fingerprint density at radius 3 is 2.45 bits per heavy atom. The minimum Gasteiger partial charge on any atom is -0.465 e. The van der Waals surface area contributed by atoms with E-state index in [-0.39, 0.29) is 47.2 Å². The molecule has 4 saturated carbocycles. The van der Waals surface area contributed by atoms with Crippen LogP contribution in [0.1, 0.15) is 83.1 Å². The molecule has 2 heterocycles. The summed E-state index contributed by atoms with van der Waals surface area (Å²) in [6.45, 7) is 4.93. The number of hydrogen-bond acceptors (Lipinski definition) is 6. The number of carboxylic acid groups (broad SMARTS) is 1. The van der Waals surface area contributed by atoms with Gasteiger partial charge in [-0.05, 0) is 98.5 Å². The van der Waals surface area contributed by atoms with Crippen molar-refractivity contribution < 1.29 is 29.3 Å². The lowest BCUT2D eigenvalue weighted by molar-refractivity contribution is -0.251. The summed E-state index contributed by atoms with van der Waals surface area (Å²) >= 11 is 0. The SMILES string of the molecule is C[C@]12CC[C@H](C3C(=O)NCCN3C(=O)O)C[C@@]1(O)CC[C@@H]1[C@@H]2CC[C@]2(C)[C@@H](c3ccc(=O)oc3)CC[C@]12O. The fourth-order valence-corrected chi connectivity index (χ4v) is 10.0. The largest absolute Gasteiger partial charge is 0.465 e. The molecule has 0 spiro atoms. The number of carbonyl (C=O) groups excluding carboxylic acids is 1. The maximum absolute atomic E-state index is 12.8. The van der Waals surface area contributed by atoms with Crippen LogP contribution in [0.2, 0.25) is 0 Å². The average Bonchev–Trinajstić information content (AvgIpc) is 3.15. The second kappa shape index (κ2) is 8.55. The maximum Gasteiger partial charge on any atom is 0.408 e. The first-order chi connectivity index (χ1) is 17.9. The van der Waals surface area contributed by atoms with E-state index in [0.29, 0.717) is 45.1 Å². The fraction of sp³-hybridized carbons (Fsp3) is 0.759. The van der Waals surface area contributed by atoms with Crippen molar-refractivity contribution in [2.45, 2.75) is 94.8 Å². The fourth-order valence-electron chi connectivity index (χ4n) is 10.0. The predicted octanol–water partition coefficient (Wildman–Crippen LogP) is 3.09. The zero-order valence-corrected chi connectivity index (χ0v) is 22.3. The first-order valence-electron chi connectivity index (χ1n) is 14.2. The Bertz CT molecular complexity index is 1180. The van der Waals surface area contributed by atoms with Gasteiger partial charge in [0.25, 0.3) is 0 Å². The van der Waals surface area contributed by atoms with Gasteiger partial charge in [0.1, 0.15) is 6.04 Å². The first-order valence-corrected chi connectivity index (χ1v) is 14.2. The zero-order valence-electron chi connectivity index (χ0n) is 22.3. The van der Waals surface area contributed by atoms with E-state index >= 15 is 0 Å². The smallest absolute Gasteiger partial charge is 0.408 e. The number of carbonyl (C=O) groups is 2. The van der Waals surface area contributed by atoms with Crippen LogP contribution in [0.15, 0.2) is 27.6 Å². The Hall–Kier alpha value is -2.39. The molecule has 0 aromatic carbocycles. The number of rotatable bonds is 2. The van der Waals surface area contributed by atoms with Crippen LogP contribution in [0.4, 0.5) is 4.79 Å². The second-order valence-corrected chi connectivity index (χ2v) is 13.3. The minimum absolute atomic E-state index is 0.0530. The molecule has 1 aliphatic heterocycles. The lowest BCUT2D eigenvalue weighted by atomic mass is 9.41. The Kier molecular flexibility index (Phi) is 5.82. The van der Waals surface area contributed by atoms with Crippen LogP contribution in [0.5, 0.6) is 0 Å². The number of nitrogens with zero attached hydrogens (tertiary/aromatic N) is 1. The van der Waals surface area contributed by atoms with Crippen LogP contribution in [-0.2, 0) is 4.79 Å². The van der Waals surface area contributed by atoms with E-state index in [1.165, 1.54) is 11.0 Å². The molecule has 9 heteroatoms. The lowest BCUT2D eigenvalue weighted by Gasteiger charge is -2.66. The molecular weight excluding hydrogens is 488 g/mol. The molecule has 6 rings (SSSR count). The quantitative estimate of drug-likeness (QED) is 0.462. The van der Waals surface area contributed by atoms with E-state index < -0.39 is 28.8 Å². The Labute approximate surface area is 222 Å². The van der Waals surface area contributed by atoms with Crippen LogP contribution in [0, 0.1) is 28.6 Å². The molecule has 5 aliphatic rings. The minimum atomic E-state index is -1.09. The first kappa shape index (κ1) is 25.9. The maximum atomic E-state index is 12.8. The predicted molar refractivity (Wildman–Crippen MR) is 137 cm³/mol. The van der Waals surface area contributed by atoms with Gasteiger partial charge in [0, 0.05) is 24.6 Å². The number of piperazine rings is 1. The number of nitrogens with one attached hydrogen (secondary N) is 1. The standard InChI is InChI=1S/C29H40N2O7/c1-26-9-5-17(23-24(33)30-13-14-31(23)25(34)35)15-28(26,36)11-7-21-20(26)6-10-27(2)19(8-12-29(21,27)37)18-3-4-22(32)38-16-18/h3-4,16-17,19-21,23,36-37H,5-15H2,1-2H3,(H,30,33)(H,34,35)/t17-,19+,20-,21+,23?,26+,27+,28-,29-/m0/s1. The summed E-state index contributed by atoms with van der Waals surface area (Å²) in [4.78, 5) is 37.5. The topological polar surface area (TPSA) is 140 Å². The number of hydrogen-bond donors (Lipinski definition) is 4. The Morgan fingerprint density at radius 1 is 1.00 bits per heavy atom. The summed E-state index contributed by atoms with van der Waals surface area (Å²) in [6, 6.07) is 2.52. The van der Waals surface area contributed by atoms with Crippen molar-refractivity contribution in [3.63, 3.8) is 0 Å². The highest BCUT2D eigenvalue weighted by Gasteiger charge is 2.70. The third-order valence-corrected chi connectivity index (χ3v) is 12.1. The van der Waals surface area contributed by atoms with E-state index in [2.05, 4.69) is 19.2 Å². The van der Waals surface area contributed by atoms with Gasteiger partial charge in [-0.1, -0.05) is 13.8 Å². The summed E-state index contributed by atoms with van der Waals surface area (Å²) in [5, 5.41) is 37.2. The monoisotopic (exact) mass is 528 g/mol. The van der Waals surface area contributed by atoms with Crippen LogP contribution < -0.4 is 10.9 Å². The van der Waals surface area contributed by atoms with E-state index in [1.807, 2.05) is 6.07 Å². The summed E-state index contributed by atoms with van der Waals surface area (Å²) < 4.78 is 5.19. The molecule has 9 nitrogen and oxygen atoms in total. The van der Waals surface area contributed by atoms with Crippen molar-refractivity contribution in [1.82, 2.24) is 10.2 Å². The van der Waals surface area contributed by atoms with Gasteiger partial charge >= 0.3 is 11.7 Å². The highest BCUT2D eigenvalue weighted by Crippen LogP contribution is 2.71. The van der Waals surface area contributed by atoms with Crippen molar-refractivity contribution in [1.29, 1.82) is 0 Å². The van der Waals surface area contributed by atoms with Crippen molar-refractivity contribution in [2.24, 2.45) is 28.6 Å². The summed E-state index contributed by atoms with van der Waals surface area (Å²) in [7, 11) is 0. The van der Waals surface area contributed by atoms with E-state index in [1.54, 1.807) is 6.26 Å². The van der Waals surface area contributed by atoms with E-state index in [0.717, 1.165) is 24.8 Å². The lowest BCUT2D eigenvalue weighted by Crippen LogP contribution is -2.68. The molecule has 0 radical (unpaired) electrons. The van der Waals surface area contributed by atoms with Crippen LogP contribution in [0.3, 0.4) is 0 Å². The van der Waals surface area contributed by atoms with Crippen molar-refractivity contribution in [3.05, 3.63) is 34.4 Å². The molecule has 1 aromatic rings. The van der Waals surface area contributed by atoms with E-state index in [4.69, 9.17) is 4.42 Å². The van der Waals surface area contributed by atoms with Crippen molar-refractivity contribution in [2.75, 3.05) is 13.1 Å². The Balaban J connectivity index is 1.27. The van der Waals surface area contributed by atoms with Crippen molar-refractivity contribution in [3.8, 4) is 0 Å². The normalized spacial score (nSPS) is 46.5. The van der Waals surface area contributed by atoms with Crippen LogP contribution in [0.25, 0.3) is 0 Å². The summed E-state index contributed by atoms with van der Waals surface area (Å²) in [5.74, 6) is -0.197. The number of amides is 2. The highest BCUT2D eigenvalue weighted by atomic mass is 16.4. The van der Waals surface area contributed by atoms with Gasteiger partial charge in [0.2, 0.25) is 5.91 Å². The average molecular weight is 529 g/mol. The van der Waals surface area contributed by atoms with Crippen LogP contribution >= 0.6 is 0 Å². The molecule has 208 valence electrons. The molecule has 2 amide bonds. The van der Waals surface area contributed by atoms with Gasteiger partial charge in [0.15, 0.2) is 0 Å². The molecule has 4 aliphatic carbocycles. The van der Waals surface area contributed by atoms with Gasteiger partial charge in [-0.3, -0.25) is 9.69 Å². The van der Waals surface area contributed by atoms with E-state index in [9.17, 15) is 29.7 Å².